The van der Waals surface area contributed by atoms with Crippen LogP contribution in [-0.4, -0.2) is 32.5 Å². The molecule has 1 aromatic carbocycles. The molecule has 2 rings (SSSR count). The summed E-state index contributed by atoms with van der Waals surface area (Å²) in [6.45, 7) is 2.83. The van der Waals surface area contributed by atoms with Crippen LogP contribution >= 0.6 is 11.8 Å². The van der Waals surface area contributed by atoms with Crippen molar-refractivity contribution in [3.63, 3.8) is 0 Å². The van der Waals surface area contributed by atoms with E-state index in [0.29, 0.717) is 10.1 Å². The van der Waals surface area contributed by atoms with Crippen molar-refractivity contribution in [1.82, 2.24) is 4.72 Å². The number of hydrogen-bond acceptors (Lipinski definition) is 4. The normalized spacial score (nSPS) is 22.9. The first-order chi connectivity index (χ1) is 9.55. The van der Waals surface area contributed by atoms with Gasteiger partial charge in [-0.1, -0.05) is 0 Å². The predicted molar refractivity (Wildman–Crippen MR) is 85.9 cm³/mol. The van der Waals surface area contributed by atoms with Crippen molar-refractivity contribution in [3.8, 4) is 0 Å². The minimum Gasteiger partial charge on any atom is -0.385 e. The van der Waals surface area contributed by atoms with Gasteiger partial charge in [-0.25, -0.2) is 13.1 Å². The lowest BCUT2D eigenvalue weighted by Gasteiger charge is -2.13. The number of sulfonamides is 1. The molecule has 0 heterocycles. The van der Waals surface area contributed by atoms with E-state index < -0.39 is 10.0 Å². The largest absolute Gasteiger partial charge is 0.385 e. The predicted octanol–water partition coefficient (Wildman–Crippen LogP) is 2.68. The molecule has 0 amide bonds. The van der Waals surface area contributed by atoms with Gasteiger partial charge in [0.2, 0.25) is 10.0 Å². The van der Waals surface area contributed by atoms with E-state index in [1.807, 2.05) is 18.7 Å². The number of rotatable bonds is 6. The van der Waals surface area contributed by atoms with Gasteiger partial charge in [-0.2, -0.15) is 11.8 Å². The lowest BCUT2D eigenvalue weighted by atomic mass is 10.3. The average molecular weight is 314 g/mol. The summed E-state index contributed by atoms with van der Waals surface area (Å²) in [5.41, 5.74) is 0.940. The molecule has 0 spiro atoms. The average Bonchev–Trinajstić information content (AvgIpc) is 2.87. The van der Waals surface area contributed by atoms with Crippen LogP contribution in [0.3, 0.4) is 0 Å². The second-order valence-corrected chi connectivity index (χ2v) is 7.90. The van der Waals surface area contributed by atoms with Crippen molar-refractivity contribution in [3.05, 3.63) is 24.3 Å². The molecule has 2 N–H and O–H groups in total. The molecular formula is C14H22N2O2S2. The van der Waals surface area contributed by atoms with Crippen LogP contribution < -0.4 is 10.0 Å². The fourth-order valence-electron chi connectivity index (χ4n) is 2.50. The molecule has 6 heteroatoms. The molecule has 1 aliphatic rings. The van der Waals surface area contributed by atoms with Gasteiger partial charge in [0.25, 0.3) is 0 Å². The fraction of sp³-hybridized carbons (Fsp3) is 0.571. The zero-order chi connectivity index (χ0) is 14.6. The summed E-state index contributed by atoms with van der Waals surface area (Å²) < 4.78 is 27.5. The first-order valence-electron chi connectivity index (χ1n) is 6.94. The Morgan fingerprint density at radius 3 is 2.50 bits per heavy atom. The molecule has 0 radical (unpaired) electrons. The van der Waals surface area contributed by atoms with Crippen molar-refractivity contribution in [2.75, 3.05) is 18.1 Å². The van der Waals surface area contributed by atoms with Crippen molar-refractivity contribution < 1.29 is 8.42 Å². The molecule has 2 unspecified atom stereocenters. The van der Waals surface area contributed by atoms with Crippen molar-refractivity contribution in [1.29, 1.82) is 0 Å². The molecule has 20 heavy (non-hydrogen) atoms. The smallest absolute Gasteiger partial charge is 0.240 e. The van der Waals surface area contributed by atoms with E-state index in [4.69, 9.17) is 0 Å². The topological polar surface area (TPSA) is 58.2 Å². The Hall–Kier alpha value is -0.720. The molecule has 0 aliphatic heterocycles. The lowest BCUT2D eigenvalue weighted by Crippen LogP contribution is -2.33. The Bertz CT molecular complexity index is 529. The Morgan fingerprint density at radius 2 is 1.95 bits per heavy atom. The van der Waals surface area contributed by atoms with E-state index in [0.717, 1.165) is 31.5 Å². The van der Waals surface area contributed by atoms with E-state index in [-0.39, 0.29) is 6.04 Å². The van der Waals surface area contributed by atoms with Gasteiger partial charge in [-0.15, -0.1) is 0 Å². The minimum absolute atomic E-state index is 0.0749. The van der Waals surface area contributed by atoms with Gasteiger partial charge in [-0.3, -0.25) is 0 Å². The Morgan fingerprint density at radius 1 is 1.25 bits per heavy atom. The molecule has 0 bridgehead atoms. The Kier molecular flexibility index (Phi) is 5.35. The maximum Gasteiger partial charge on any atom is 0.240 e. The van der Waals surface area contributed by atoms with Gasteiger partial charge in [-0.05, 0) is 56.7 Å². The van der Waals surface area contributed by atoms with Gasteiger partial charge >= 0.3 is 0 Å². The molecule has 2 atom stereocenters. The molecule has 1 saturated carbocycles. The Labute approximate surface area is 125 Å². The second kappa shape index (κ2) is 6.83. The third-order valence-corrected chi connectivity index (χ3v) is 6.22. The molecule has 1 aliphatic carbocycles. The summed E-state index contributed by atoms with van der Waals surface area (Å²) in [5, 5.41) is 3.74. The summed E-state index contributed by atoms with van der Waals surface area (Å²) in [6.07, 6.45) is 5.03. The lowest BCUT2D eigenvalue weighted by molar-refractivity contribution is 0.552. The van der Waals surface area contributed by atoms with Crippen LogP contribution in [0.1, 0.15) is 26.2 Å². The maximum absolute atomic E-state index is 12.3. The summed E-state index contributed by atoms with van der Waals surface area (Å²) >= 11 is 1.82. The summed E-state index contributed by atoms with van der Waals surface area (Å²) in [4.78, 5) is 0.340. The van der Waals surface area contributed by atoms with Crippen molar-refractivity contribution in [2.45, 2.75) is 42.4 Å². The van der Waals surface area contributed by atoms with Crippen LogP contribution in [0.5, 0.6) is 0 Å². The Balaban J connectivity index is 2.03. The highest BCUT2D eigenvalue weighted by Gasteiger charge is 2.28. The molecule has 0 aromatic heterocycles. The maximum atomic E-state index is 12.3. The van der Waals surface area contributed by atoms with E-state index in [9.17, 15) is 8.42 Å². The monoisotopic (exact) mass is 314 g/mol. The minimum atomic E-state index is -3.39. The zero-order valence-corrected chi connectivity index (χ0v) is 13.6. The number of thioether (sulfide) groups is 1. The number of nitrogens with one attached hydrogen (secondary N) is 2. The molecule has 112 valence electrons. The fourth-order valence-corrected chi connectivity index (χ4v) is 4.58. The van der Waals surface area contributed by atoms with Crippen LogP contribution in [0.2, 0.25) is 0 Å². The third-order valence-electron chi connectivity index (χ3n) is 3.59. The van der Waals surface area contributed by atoms with Gasteiger partial charge < -0.3 is 5.32 Å². The van der Waals surface area contributed by atoms with Crippen molar-refractivity contribution >= 4 is 27.5 Å². The van der Waals surface area contributed by atoms with E-state index in [1.165, 1.54) is 0 Å². The summed E-state index contributed by atoms with van der Waals surface area (Å²) in [7, 11) is -3.39. The highest BCUT2D eigenvalue weighted by atomic mass is 32.2. The zero-order valence-electron chi connectivity index (χ0n) is 11.9. The van der Waals surface area contributed by atoms with Gasteiger partial charge in [0.05, 0.1) is 4.90 Å². The molecule has 4 nitrogen and oxygen atoms in total. The second-order valence-electron chi connectivity index (χ2n) is 5.04. The van der Waals surface area contributed by atoms with E-state index in [1.54, 1.807) is 24.3 Å². The standard InChI is InChI=1S/C14H22N2O2S2/c1-3-15-11-5-8-14(9-6-11)20(17,18)16-12-4-7-13(10-12)19-2/h5-6,8-9,12-13,15-16H,3-4,7,10H2,1-2H3. The highest BCUT2D eigenvalue weighted by Crippen LogP contribution is 2.29. The SMILES string of the molecule is CCNc1ccc(S(=O)(=O)NC2CCC(SC)C2)cc1. The molecule has 1 aromatic rings. The molecule has 1 fully saturated rings. The molecular weight excluding hydrogens is 292 g/mol. The van der Waals surface area contributed by atoms with Gasteiger partial charge in [0.15, 0.2) is 0 Å². The van der Waals surface area contributed by atoms with Crippen LogP contribution in [0.15, 0.2) is 29.2 Å². The first-order valence-corrected chi connectivity index (χ1v) is 9.71. The van der Waals surface area contributed by atoms with Crippen LogP contribution in [0.25, 0.3) is 0 Å². The van der Waals surface area contributed by atoms with Gasteiger partial charge in [0, 0.05) is 23.5 Å². The van der Waals surface area contributed by atoms with Crippen molar-refractivity contribution in [2.24, 2.45) is 0 Å². The van der Waals surface area contributed by atoms with Gasteiger partial charge in [0.1, 0.15) is 0 Å². The number of benzene rings is 1. The van der Waals surface area contributed by atoms with E-state index >= 15 is 0 Å². The number of hydrogen-bond donors (Lipinski definition) is 2. The van der Waals surface area contributed by atoms with Crippen LogP contribution in [0.4, 0.5) is 5.69 Å². The highest BCUT2D eigenvalue weighted by molar-refractivity contribution is 7.99. The van der Waals surface area contributed by atoms with E-state index in [2.05, 4.69) is 16.3 Å². The third kappa shape index (κ3) is 3.90. The van der Waals surface area contributed by atoms with Crippen LogP contribution in [0, 0.1) is 0 Å². The van der Waals surface area contributed by atoms with Crippen LogP contribution in [-0.2, 0) is 10.0 Å². The summed E-state index contributed by atoms with van der Waals surface area (Å²) in [5.74, 6) is 0. The quantitative estimate of drug-likeness (QED) is 0.847. The summed E-state index contributed by atoms with van der Waals surface area (Å²) in [6, 6.07) is 6.99. The first kappa shape index (κ1) is 15.7. The number of anilines is 1. The molecule has 0 saturated heterocycles.